The fourth-order valence-corrected chi connectivity index (χ4v) is 8.85. The summed E-state index contributed by atoms with van der Waals surface area (Å²) in [4.78, 5) is 13.3. The van der Waals surface area contributed by atoms with E-state index in [0.29, 0.717) is 36.0 Å². The number of hydrogen-bond donors (Lipinski definition) is 1. The number of ketones is 1. The van der Waals surface area contributed by atoms with E-state index in [1.807, 2.05) is 20.2 Å². The number of aromatic nitrogens is 3. The monoisotopic (exact) mass is 429 g/mol. The number of aliphatic hydroxyl groups is 1. The highest BCUT2D eigenvalue weighted by Gasteiger charge is 2.62. The van der Waals surface area contributed by atoms with E-state index >= 15 is 0 Å². The van der Waals surface area contributed by atoms with Crippen LogP contribution >= 0.6 is 0 Å². The summed E-state index contributed by atoms with van der Waals surface area (Å²) in [5.74, 6) is 3.10. The molecule has 1 aromatic heterocycles. The zero-order chi connectivity index (χ0) is 21.8. The van der Waals surface area contributed by atoms with Gasteiger partial charge in [0, 0.05) is 19.2 Å². The molecule has 0 bridgehead atoms. The molecular weight excluding hydrogens is 390 g/mol. The Labute approximate surface area is 186 Å². The zero-order valence-corrected chi connectivity index (χ0v) is 19.4. The van der Waals surface area contributed by atoms with E-state index in [1.165, 1.54) is 25.7 Å². The summed E-state index contributed by atoms with van der Waals surface area (Å²) in [6, 6.07) is 0. The van der Waals surface area contributed by atoms with Gasteiger partial charge in [0.25, 0.3) is 0 Å². The molecular formula is C25H39N3O3. The first-order valence-corrected chi connectivity index (χ1v) is 12.4. The Morgan fingerprint density at radius 1 is 1.19 bits per heavy atom. The zero-order valence-electron chi connectivity index (χ0n) is 19.4. The summed E-state index contributed by atoms with van der Waals surface area (Å²) in [7, 11) is 1.85. The van der Waals surface area contributed by atoms with Crippen LogP contribution in [-0.4, -0.2) is 45.7 Å². The highest BCUT2D eigenvalue weighted by Crippen LogP contribution is 2.67. The summed E-state index contributed by atoms with van der Waals surface area (Å²) >= 11 is 0. The van der Waals surface area contributed by atoms with Crippen molar-refractivity contribution in [2.45, 2.75) is 84.3 Å². The average molecular weight is 430 g/mol. The van der Waals surface area contributed by atoms with Crippen molar-refractivity contribution in [3.63, 3.8) is 0 Å². The lowest BCUT2D eigenvalue weighted by molar-refractivity contribution is -0.161. The topological polar surface area (TPSA) is 77.2 Å². The Balaban J connectivity index is 1.37. The average Bonchev–Trinajstić information content (AvgIpc) is 3.30. The van der Waals surface area contributed by atoms with Gasteiger partial charge in [-0.15, -0.1) is 5.10 Å². The number of aryl methyl sites for hydroxylation is 1. The molecule has 6 nitrogen and oxygen atoms in total. The summed E-state index contributed by atoms with van der Waals surface area (Å²) in [5, 5.41) is 18.5. The fourth-order valence-electron chi connectivity index (χ4n) is 8.85. The van der Waals surface area contributed by atoms with Crippen LogP contribution in [0.25, 0.3) is 0 Å². The quantitative estimate of drug-likeness (QED) is 0.770. The van der Waals surface area contributed by atoms with Crippen LogP contribution in [0.15, 0.2) is 6.20 Å². The molecule has 1 heterocycles. The van der Waals surface area contributed by atoms with Crippen molar-refractivity contribution in [1.82, 2.24) is 15.0 Å². The molecule has 31 heavy (non-hydrogen) atoms. The van der Waals surface area contributed by atoms with Crippen molar-refractivity contribution in [3.8, 4) is 0 Å². The van der Waals surface area contributed by atoms with Crippen molar-refractivity contribution in [3.05, 3.63) is 11.9 Å². The first-order chi connectivity index (χ1) is 14.9. The van der Waals surface area contributed by atoms with Gasteiger partial charge in [0.1, 0.15) is 6.54 Å². The number of carbonyl (C=O) groups is 1. The molecule has 6 heteroatoms. The fraction of sp³-hybridized carbons (Fsp3) is 0.880. The SMILES string of the molecule is COCC12CCC(O)CC1CCC1C3CCC(C(=O)Cn4cc(C)nn4)C3(C)CCC12. The molecule has 0 spiro atoms. The van der Waals surface area contributed by atoms with E-state index in [2.05, 4.69) is 17.2 Å². The molecule has 4 aliphatic rings. The van der Waals surface area contributed by atoms with E-state index < -0.39 is 0 Å². The van der Waals surface area contributed by atoms with E-state index in [-0.39, 0.29) is 22.9 Å². The minimum Gasteiger partial charge on any atom is -0.393 e. The van der Waals surface area contributed by atoms with Crippen LogP contribution in [0.2, 0.25) is 0 Å². The van der Waals surface area contributed by atoms with Crippen LogP contribution in [0.1, 0.15) is 70.4 Å². The number of aliphatic hydroxyl groups excluding tert-OH is 1. The number of carbonyl (C=O) groups excluding carboxylic acids is 1. The van der Waals surface area contributed by atoms with Gasteiger partial charge >= 0.3 is 0 Å². The highest BCUT2D eigenvalue weighted by molar-refractivity contribution is 5.82. The Morgan fingerprint density at radius 2 is 2.03 bits per heavy atom. The number of hydrogen-bond acceptors (Lipinski definition) is 5. The molecule has 5 rings (SSSR count). The summed E-state index contributed by atoms with van der Waals surface area (Å²) in [6.07, 6.45) is 11.7. The molecule has 0 saturated heterocycles. The predicted molar refractivity (Wildman–Crippen MR) is 117 cm³/mol. The van der Waals surface area contributed by atoms with E-state index in [1.54, 1.807) is 4.68 Å². The van der Waals surface area contributed by atoms with Gasteiger partial charge in [-0.05, 0) is 99.2 Å². The first kappa shape index (κ1) is 21.6. The van der Waals surface area contributed by atoms with Crippen molar-refractivity contribution < 1.29 is 14.6 Å². The molecule has 0 amide bonds. The van der Waals surface area contributed by atoms with E-state index in [9.17, 15) is 9.90 Å². The number of rotatable bonds is 5. The van der Waals surface area contributed by atoms with Crippen molar-refractivity contribution in [2.24, 2.45) is 40.4 Å². The Kier molecular flexibility index (Phi) is 5.53. The lowest BCUT2D eigenvalue weighted by Gasteiger charge is -2.61. The van der Waals surface area contributed by atoms with Gasteiger partial charge in [0.15, 0.2) is 5.78 Å². The third-order valence-corrected chi connectivity index (χ3v) is 10.1. The maximum atomic E-state index is 13.3. The van der Waals surface area contributed by atoms with Crippen molar-refractivity contribution in [1.29, 1.82) is 0 Å². The number of fused-ring (bicyclic) bond motifs is 5. The summed E-state index contributed by atoms with van der Waals surface area (Å²) < 4.78 is 7.55. The third-order valence-electron chi connectivity index (χ3n) is 10.1. The van der Waals surface area contributed by atoms with E-state index in [0.717, 1.165) is 44.4 Å². The summed E-state index contributed by atoms with van der Waals surface area (Å²) in [5.41, 5.74) is 1.21. The van der Waals surface area contributed by atoms with Gasteiger partial charge in [-0.2, -0.15) is 0 Å². The van der Waals surface area contributed by atoms with Crippen LogP contribution in [0.4, 0.5) is 0 Å². The largest absolute Gasteiger partial charge is 0.393 e. The van der Waals surface area contributed by atoms with Gasteiger partial charge in [-0.25, -0.2) is 4.68 Å². The second-order valence-electron chi connectivity index (χ2n) is 11.4. The summed E-state index contributed by atoms with van der Waals surface area (Å²) in [6.45, 7) is 5.52. The second-order valence-corrected chi connectivity index (χ2v) is 11.4. The van der Waals surface area contributed by atoms with Gasteiger partial charge in [0.05, 0.1) is 18.4 Å². The Bertz CT molecular complexity index is 825. The van der Waals surface area contributed by atoms with Crippen LogP contribution in [0.3, 0.4) is 0 Å². The lowest BCUT2D eigenvalue weighted by Crippen LogP contribution is -2.57. The van der Waals surface area contributed by atoms with Crippen molar-refractivity contribution >= 4 is 5.78 Å². The van der Waals surface area contributed by atoms with E-state index in [4.69, 9.17) is 4.74 Å². The lowest BCUT2D eigenvalue weighted by atomic mass is 9.44. The number of ether oxygens (including phenoxy) is 1. The molecule has 0 aromatic carbocycles. The molecule has 4 saturated carbocycles. The van der Waals surface area contributed by atoms with Gasteiger partial charge in [-0.1, -0.05) is 12.1 Å². The normalized spacial score (nSPS) is 44.4. The molecule has 0 aliphatic heterocycles. The third kappa shape index (κ3) is 3.40. The van der Waals surface area contributed by atoms with Gasteiger partial charge in [-0.3, -0.25) is 4.79 Å². The minimum atomic E-state index is -0.130. The standard InChI is InChI=1S/C25H39N3O3/c1-16-13-28(27-26-16)14-23(30)22-7-6-20-19-5-4-17-12-18(29)8-11-25(17,15-31-3)21(19)9-10-24(20,22)2/h13,17-22,29H,4-12,14-15H2,1-3H3. The number of nitrogens with zero attached hydrogens (tertiary/aromatic N) is 3. The maximum Gasteiger partial charge on any atom is 0.157 e. The Morgan fingerprint density at radius 3 is 2.77 bits per heavy atom. The molecule has 8 atom stereocenters. The second kappa shape index (κ2) is 7.95. The van der Waals surface area contributed by atoms with Crippen LogP contribution in [0.5, 0.6) is 0 Å². The Hall–Kier alpha value is -1.27. The van der Waals surface area contributed by atoms with Crippen LogP contribution in [-0.2, 0) is 16.1 Å². The molecule has 4 fully saturated rings. The van der Waals surface area contributed by atoms with Gasteiger partial charge < -0.3 is 9.84 Å². The van der Waals surface area contributed by atoms with Crippen molar-refractivity contribution in [2.75, 3.05) is 13.7 Å². The molecule has 1 N–H and O–H groups in total. The smallest absolute Gasteiger partial charge is 0.157 e. The number of Topliss-reactive ketones (excluding diaryl/α,β-unsaturated/α-hetero) is 1. The molecule has 4 aliphatic carbocycles. The molecule has 0 radical (unpaired) electrons. The minimum absolute atomic E-state index is 0.114. The van der Waals surface area contributed by atoms with Crippen LogP contribution in [0, 0.1) is 47.3 Å². The first-order valence-electron chi connectivity index (χ1n) is 12.4. The number of methoxy groups -OCH3 is 1. The highest BCUT2D eigenvalue weighted by atomic mass is 16.5. The molecule has 1 aromatic rings. The van der Waals surface area contributed by atoms with Gasteiger partial charge in [0.2, 0.25) is 0 Å². The predicted octanol–water partition coefficient (Wildman–Crippen LogP) is 3.80. The maximum absolute atomic E-state index is 13.3. The molecule has 172 valence electrons. The van der Waals surface area contributed by atoms with Crippen LogP contribution < -0.4 is 0 Å². The molecule has 8 unspecified atom stereocenters.